The fourth-order valence-corrected chi connectivity index (χ4v) is 2.25. The van der Waals surface area contributed by atoms with Gasteiger partial charge in [0.05, 0.1) is 6.10 Å². The molecule has 2 fully saturated rings. The molecule has 2 aliphatic rings. The van der Waals surface area contributed by atoms with Gasteiger partial charge in [-0.25, -0.2) is 4.79 Å². The van der Waals surface area contributed by atoms with E-state index in [0.29, 0.717) is 12.3 Å². The lowest BCUT2D eigenvalue weighted by atomic mass is 10.0. The molecule has 11 heavy (non-hydrogen) atoms. The second kappa shape index (κ2) is 1.97. The van der Waals surface area contributed by atoms with Crippen molar-refractivity contribution in [3.8, 4) is 0 Å². The molecule has 1 aliphatic heterocycles. The molecule has 1 saturated carbocycles. The first-order chi connectivity index (χ1) is 5.14. The van der Waals surface area contributed by atoms with Crippen molar-refractivity contribution in [1.82, 2.24) is 0 Å². The molecule has 0 aromatic rings. The third-order valence-corrected chi connectivity index (χ3v) is 2.98. The van der Waals surface area contributed by atoms with Crippen LogP contribution in [0.25, 0.3) is 0 Å². The van der Waals surface area contributed by atoms with Gasteiger partial charge in [-0.3, -0.25) is 0 Å². The molecule has 1 heterocycles. The van der Waals surface area contributed by atoms with Gasteiger partial charge in [0, 0.05) is 0 Å². The van der Waals surface area contributed by atoms with Crippen molar-refractivity contribution in [2.45, 2.75) is 37.9 Å². The number of aliphatic carboxylic acids is 1. The average molecular weight is 156 g/mol. The number of carboxylic acid groups (broad SMARTS) is 1. The number of ether oxygens (including phenoxy) is 1. The molecule has 62 valence electrons. The molecule has 0 amide bonds. The van der Waals surface area contributed by atoms with Gasteiger partial charge in [0.2, 0.25) is 0 Å². The largest absolute Gasteiger partial charge is 0.479 e. The predicted octanol–water partition coefficient (Wildman–Crippen LogP) is 1.03. The minimum atomic E-state index is -0.802. The third-order valence-electron chi connectivity index (χ3n) is 2.98. The first-order valence-electron chi connectivity index (χ1n) is 4.05. The molecule has 3 heteroatoms. The van der Waals surface area contributed by atoms with Crippen molar-refractivity contribution in [2.75, 3.05) is 0 Å². The summed E-state index contributed by atoms with van der Waals surface area (Å²) < 4.78 is 5.41. The summed E-state index contributed by atoms with van der Waals surface area (Å²) in [5.74, 6) is -0.282. The third kappa shape index (κ3) is 0.805. The van der Waals surface area contributed by atoms with Crippen LogP contribution in [0, 0.1) is 5.92 Å². The molecule has 1 aliphatic carbocycles. The Balaban J connectivity index is 2.23. The Hall–Kier alpha value is -0.570. The zero-order valence-corrected chi connectivity index (χ0v) is 6.54. The molecular weight excluding hydrogens is 144 g/mol. The Morgan fingerprint density at radius 2 is 2.45 bits per heavy atom. The van der Waals surface area contributed by atoms with E-state index in [1.54, 1.807) is 0 Å². The van der Waals surface area contributed by atoms with Crippen LogP contribution in [-0.2, 0) is 9.53 Å². The number of carbonyl (C=O) groups is 1. The highest BCUT2D eigenvalue weighted by atomic mass is 16.5. The lowest BCUT2D eigenvalue weighted by Crippen LogP contribution is -2.38. The second-order valence-corrected chi connectivity index (χ2v) is 3.63. The maximum Gasteiger partial charge on any atom is 0.335 e. The standard InChI is InChI=1S/C8H12O3/c1-5-6-2-3-8(4-6,11-5)7(9)10/h5-6H,2-4H2,1H3,(H,9,10). The summed E-state index contributed by atoms with van der Waals surface area (Å²) in [5, 5.41) is 8.88. The SMILES string of the molecule is CC1OC2(C(=O)O)CCC1C2. The van der Waals surface area contributed by atoms with Gasteiger partial charge in [0.1, 0.15) is 0 Å². The van der Waals surface area contributed by atoms with Crippen molar-refractivity contribution in [3.05, 3.63) is 0 Å². The highest BCUT2D eigenvalue weighted by Crippen LogP contribution is 2.47. The van der Waals surface area contributed by atoms with Crippen LogP contribution in [0.1, 0.15) is 26.2 Å². The number of hydrogen-bond acceptors (Lipinski definition) is 2. The van der Waals surface area contributed by atoms with Gasteiger partial charge in [-0.1, -0.05) is 0 Å². The predicted molar refractivity (Wildman–Crippen MR) is 38.3 cm³/mol. The molecule has 0 aromatic carbocycles. The Labute approximate surface area is 65.4 Å². The fraction of sp³-hybridized carbons (Fsp3) is 0.875. The van der Waals surface area contributed by atoms with Crippen molar-refractivity contribution in [2.24, 2.45) is 5.92 Å². The molecular formula is C8H12O3. The van der Waals surface area contributed by atoms with Crippen LogP contribution in [0.3, 0.4) is 0 Å². The fourth-order valence-electron chi connectivity index (χ4n) is 2.25. The van der Waals surface area contributed by atoms with E-state index in [9.17, 15) is 4.79 Å². The first kappa shape index (κ1) is 7.10. The Kier molecular flexibility index (Phi) is 1.27. The van der Waals surface area contributed by atoms with Crippen LogP contribution in [0.2, 0.25) is 0 Å². The summed E-state index contributed by atoms with van der Waals surface area (Å²) in [7, 11) is 0. The van der Waals surface area contributed by atoms with Crippen molar-refractivity contribution >= 4 is 5.97 Å². The summed E-state index contributed by atoms with van der Waals surface area (Å²) in [6.07, 6.45) is 2.61. The monoisotopic (exact) mass is 156 g/mol. The zero-order chi connectivity index (χ0) is 8.06. The van der Waals surface area contributed by atoms with E-state index >= 15 is 0 Å². The summed E-state index contributed by atoms with van der Waals surface area (Å²) in [4.78, 5) is 10.8. The number of hydrogen-bond donors (Lipinski definition) is 1. The highest BCUT2D eigenvalue weighted by Gasteiger charge is 2.55. The Bertz CT molecular complexity index is 198. The van der Waals surface area contributed by atoms with Gasteiger partial charge in [-0.15, -0.1) is 0 Å². The number of fused-ring (bicyclic) bond motifs is 2. The van der Waals surface area contributed by atoms with Crippen LogP contribution in [0.5, 0.6) is 0 Å². The van der Waals surface area contributed by atoms with E-state index in [1.165, 1.54) is 0 Å². The Morgan fingerprint density at radius 1 is 1.73 bits per heavy atom. The lowest BCUT2D eigenvalue weighted by Gasteiger charge is -2.25. The van der Waals surface area contributed by atoms with E-state index in [4.69, 9.17) is 9.84 Å². The first-order valence-corrected chi connectivity index (χ1v) is 4.05. The second-order valence-electron chi connectivity index (χ2n) is 3.63. The smallest absolute Gasteiger partial charge is 0.335 e. The van der Waals surface area contributed by atoms with Crippen LogP contribution < -0.4 is 0 Å². The van der Waals surface area contributed by atoms with Crippen LogP contribution >= 0.6 is 0 Å². The quantitative estimate of drug-likeness (QED) is 0.616. The summed E-state index contributed by atoms with van der Waals surface area (Å²) in [6, 6.07) is 0. The molecule has 1 N–H and O–H groups in total. The Morgan fingerprint density at radius 3 is 2.73 bits per heavy atom. The maximum absolute atomic E-state index is 10.8. The molecule has 3 atom stereocenters. The van der Waals surface area contributed by atoms with Gasteiger partial charge in [-0.05, 0) is 32.1 Å². The lowest BCUT2D eigenvalue weighted by molar-refractivity contribution is -0.166. The van der Waals surface area contributed by atoms with Gasteiger partial charge in [0.25, 0.3) is 0 Å². The molecule has 3 nitrogen and oxygen atoms in total. The maximum atomic E-state index is 10.8. The molecule has 2 rings (SSSR count). The summed E-state index contributed by atoms with van der Waals surface area (Å²) in [6.45, 7) is 1.97. The number of rotatable bonds is 1. The van der Waals surface area contributed by atoms with E-state index in [0.717, 1.165) is 12.8 Å². The van der Waals surface area contributed by atoms with Crippen molar-refractivity contribution in [1.29, 1.82) is 0 Å². The van der Waals surface area contributed by atoms with E-state index in [1.807, 2.05) is 6.92 Å². The summed E-state index contributed by atoms with van der Waals surface area (Å²) in [5.41, 5.74) is -0.802. The van der Waals surface area contributed by atoms with E-state index < -0.39 is 11.6 Å². The zero-order valence-electron chi connectivity index (χ0n) is 6.54. The van der Waals surface area contributed by atoms with Crippen LogP contribution in [-0.4, -0.2) is 22.8 Å². The normalized spacial score (nSPS) is 48.1. The molecule has 0 aromatic heterocycles. The molecule has 0 spiro atoms. The van der Waals surface area contributed by atoms with Gasteiger partial charge >= 0.3 is 5.97 Å². The minimum Gasteiger partial charge on any atom is -0.479 e. The highest BCUT2D eigenvalue weighted by molar-refractivity contribution is 5.78. The number of carboxylic acids is 1. The van der Waals surface area contributed by atoms with Gasteiger partial charge < -0.3 is 9.84 Å². The average Bonchev–Trinajstić information content (AvgIpc) is 2.44. The molecule has 1 saturated heterocycles. The molecule has 2 bridgehead atoms. The molecule has 3 unspecified atom stereocenters. The van der Waals surface area contributed by atoms with Crippen LogP contribution in [0.4, 0.5) is 0 Å². The van der Waals surface area contributed by atoms with Crippen molar-refractivity contribution in [3.63, 3.8) is 0 Å². The van der Waals surface area contributed by atoms with Gasteiger partial charge in [0.15, 0.2) is 5.60 Å². The van der Waals surface area contributed by atoms with Crippen LogP contribution in [0.15, 0.2) is 0 Å². The molecule has 0 radical (unpaired) electrons. The van der Waals surface area contributed by atoms with E-state index in [-0.39, 0.29) is 6.10 Å². The minimum absolute atomic E-state index is 0.153. The van der Waals surface area contributed by atoms with Gasteiger partial charge in [-0.2, -0.15) is 0 Å². The summed E-state index contributed by atoms with van der Waals surface area (Å²) >= 11 is 0. The van der Waals surface area contributed by atoms with E-state index in [2.05, 4.69) is 0 Å². The van der Waals surface area contributed by atoms with Crippen molar-refractivity contribution < 1.29 is 14.6 Å². The topological polar surface area (TPSA) is 46.5 Å².